The van der Waals surface area contributed by atoms with Crippen molar-refractivity contribution in [2.75, 3.05) is 31.6 Å². The lowest BCUT2D eigenvalue weighted by Crippen LogP contribution is -2.40. The Kier molecular flexibility index (Phi) is 5.26. The number of carbonyl (C=O) groups is 1. The smallest absolute Gasteiger partial charge is 0.254 e. The monoisotopic (exact) mass is 378 g/mol. The zero-order chi connectivity index (χ0) is 19.5. The fourth-order valence-electron chi connectivity index (χ4n) is 3.70. The molecule has 5 heteroatoms. The van der Waals surface area contributed by atoms with E-state index in [1.54, 1.807) is 12.1 Å². The number of nitrogens with one attached hydrogen (secondary N) is 1. The number of carbonyl (C=O) groups excluding carboxylic acids is 1. The number of benzene rings is 3. The van der Waals surface area contributed by atoms with E-state index in [-0.39, 0.29) is 5.91 Å². The van der Waals surface area contributed by atoms with Gasteiger partial charge < -0.3 is 15.0 Å². The third kappa shape index (κ3) is 3.58. The van der Waals surface area contributed by atoms with E-state index in [1.165, 1.54) is 0 Å². The van der Waals surface area contributed by atoms with Gasteiger partial charge in [0.1, 0.15) is 6.67 Å². The molecular weight excluding hydrogens is 355 g/mol. The molecule has 144 valence electrons. The van der Waals surface area contributed by atoms with Crippen LogP contribution in [0.1, 0.15) is 21.5 Å². The van der Waals surface area contributed by atoms with Gasteiger partial charge in [0.25, 0.3) is 5.91 Å². The Morgan fingerprint density at radius 3 is 2.68 bits per heavy atom. The van der Waals surface area contributed by atoms with E-state index < -0.39 is 6.67 Å². The summed E-state index contributed by atoms with van der Waals surface area (Å²) in [6, 6.07) is 17.1. The van der Waals surface area contributed by atoms with Crippen LogP contribution in [0.2, 0.25) is 0 Å². The predicted molar refractivity (Wildman–Crippen MR) is 110 cm³/mol. The van der Waals surface area contributed by atoms with E-state index in [1.807, 2.05) is 54.3 Å². The quantitative estimate of drug-likeness (QED) is 0.707. The molecule has 1 saturated heterocycles. The van der Waals surface area contributed by atoms with Gasteiger partial charge in [0.05, 0.1) is 13.2 Å². The molecule has 0 bridgehead atoms. The molecule has 0 aliphatic carbocycles. The van der Waals surface area contributed by atoms with Crippen LogP contribution in [0.4, 0.5) is 15.8 Å². The van der Waals surface area contributed by atoms with Crippen molar-refractivity contribution in [2.45, 2.75) is 13.6 Å². The average molecular weight is 378 g/mol. The summed E-state index contributed by atoms with van der Waals surface area (Å²) in [4.78, 5) is 15.0. The highest BCUT2D eigenvalue weighted by Crippen LogP contribution is 2.32. The van der Waals surface area contributed by atoms with Gasteiger partial charge in [-0.3, -0.25) is 4.79 Å². The molecule has 1 aliphatic rings. The second-order valence-electron chi connectivity index (χ2n) is 7.02. The second-order valence-corrected chi connectivity index (χ2v) is 7.02. The SMILES string of the molecule is Cc1cccc2c(Nc3cccc(CF)c3)ccc(C(=O)N3CCOCC3)c12. The Balaban J connectivity index is 1.76. The lowest BCUT2D eigenvalue weighted by molar-refractivity contribution is 0.0304. The number of hydrogen-bond acceptors (Lipinski definition) is 3. The summed E-state index contributed by atoms with van der Waals surface area (Å²) >= 11 is 0. The van der Waals surface area contributed by atoms with Crippen molar-refractivity contribution in [3.63, 3.8) is 0 Å². The highest BCUT2D eigenvalue weighted by atomic mass is 19.1. The molecule has 4 nitrogen and oxygen atoms in total. The van der Waals surface area contributed by atoms with Gasteiger partial charge in [0.15, 0.2) is 0 Å². The lowest BCUT2D eigenvalue weighted by atomic mass is 9.97. The number of morpholine rings is 1. The highest BCUT2D eigenvalue weighted by Gasteiger charge is 2.22. The first kappa shape index (κ1) is 18.4. The molecule has 0 saturated carbocycles. The molecule has 1 fully saturated rings. The van der Waals surface area contributed by atoms with Gasteiger partial charge >= 0.3 is 0 Å². The van der Waals surface area contributed by atoms with Crippen molar-refractivity contribution >= 4 is 28.1 Å². The zero-order valence-electron chi connectivity index (χ0n) is 15.9. The van der Waals surface area contributed by atoms with Crippen molar-refractivity contribution in [3.8, 4) is 0 Å². The summed E-state index contributed by atoms with van der Waals surface area (Å²) in [5.74, 6) is 0.0357. The van der Waals surface area contributed by atoms with Crippen LogP contribution >= 0.6 is 0 Å². The van der Waals surface area contributed by atoms with Crippen molar-refractivity contribution in [3.05, 3.63) is 71.3 Å². The standard InChI is InChI=1S/C23H23FN2O2/c1-16-4-2-7-19-21(25-18-6-3-5-17(14-18)15-24)9-8-20(22(16)19)23(27)26-10-12-28-13-11-26/h2-9,14,25H,10-13,15H2,1H3. The van der Waals surface area contributed by atoms with Crippen LogP contribution in [0, 0.1) is 6.92 Å². The number of halogens is 1. The van der Waals surface area contributed by atoms with Gasteiger partial charge in [-0.25, -0.2) is 4.39 Å². The number of hydrogen-bond donors (Lipinski definition) is 1. The number of amides is 1. The van der Waals surface area contributed by atoms with Crippen LogP contribution in [0.25, 0.3) is 10.8 Å². The zero-order valence-corrected chi connectivity index (χ0v) is 15.9. The lowest BCUT2D eigenvalue weighted by Gasteiger charge is -2.27. The molecule has 0 spiro atoms. The molecule has 3 aromatic rings. The van der Waals surface area contributed by atoms with E-state index >= 15 is 0 Å². The molecule has 1 heterocycles. The summed E-state index contributed by atoms with van der Waals surface area (Å²) < 4.78 is 18.4. The molecule has 0 aromatic heterocycles. The maximum atomic E-state index is 13.1. The minimum atomic E-state index is -0.498. The predicted octanol–water partition coefficient (Wildman–Crippen LogP) is 4.83. The topological polar surface area (TPSA) is 41.6 Å². The van der Waals surface area contributed by atoms with Crippen LogP contribution in [0.15, 0.2) is 54.6 Å². The maximum Gasteiger partial charge on any atom is 0.254 e. The number of anilines is 2. The highest BCUT2D eigenvalue weighted by molar-refractivity contribution is 6.11. The van der Waals surface area contributed by atoms with Crippen LogP contribution in [-0.2, 0) is 11.4 Å². The van der Waals surface area contributed by atoms with Gasteiger partial charge in [-0.05, 0) is 47.7 Å². The van der Waals surface area contributed by atoms with E-state index in [0.29, 0.717) is 37.4 Å². The van der Waals surface area contributed by atoms with Gasteiger partial charge in [-0.2, -0.15) is 0 Å². The summed E-state index contributed by atoms with van der Waals surface area (Å²) in [5.41, 5.74) is 4.11. The van der Waals surface area contributed by atoms with Crippen molar-refractivity contribution in [1.82, 2.24) is 4.90 Å². The van der Waals surface area contributed by atoms with Crippen molar-refractivity contribution in [2.24, 2.45) is 0 Å². The first-order valence-corrected chi connectivity index (χ1v) is 9.48. The Labute approximate surface area is 163 Å². The van der Waals surface area contributed by atoms with E-state index in [2.05, 4.69) is 5.32 Å². The molecule has 0 radical (unpaired) electrons. The molecule has 1 amide bonds. The number of fused-ring (bicyclic) bond motifs is 1. The Bertz CT molecular complexity index is 1010. The van der Waals surface area contributed by atoms with Gasteiger partial charge in [0.2, 0.25) is 0 Å². The van der Waals surface area contributed by atoms with Gasteiger partial charge in [0, 0.05) is 35.4 Å². The number of nitrogens with zero attached hydrogens (tertiary/aromatic N) is 1. The summed E-state index contributed by atoms with van der Waals surface area (Å²) in [6.07, 6.45) is 0. The van der Waals surface area contributed by atoms with Crippen molar-refractivity contribution in [1.29, 1.82) is 0 Å². The fourth-order valence-corrected chi connectivity index (χ4v) is 3.70. The minimum Gasteiger partial charge on any atom is -0.378 e. The molecular formula is C23H23FN2O2. The van der Waals surface area contributed by atoms with E-state index in [9.17, 15) is 9.18 Å². The van der Waals surface area contributed by atoms with Crippen molar-refractivity contribution < 1.29 is 13.9 Å². The fraction of sp³-hybridized carbons (Fsp3) is 0.261. The summed E-state index contributed by atoms with van der Waals surface area (Å²) in [5, 5.41) is 5.31. The molecule has 0 atom stereocenters. The average Bonchev–Trinajstić information content (AvgIpc) is 2.74. The van der Waals surface area contributed by atoms with E-state index in [4.69, 9.17) is 4.74 Å². The molecule has 0 unspecified atom stereocenters. The molecule has 4 rings (SSSR count). The van der Waals surface area contributed by atoms with Gasteiger partial charge in [-0.1, -0.05) is 30.3 Å². The Hall–Kier alpha value is -2.92. The number of alkyl halides is 1. The minimum absolute atomic E-state index is 0.0357. The van der Waals surface area contributed by atoms with Crippen LogP contribution in [0.3, 0.4) is 0 Å². The number of aryl methyl sites for hydroxylation is 1. The first-order chi connectivity index (χ1) is 13.7. The maximum absolute atomic E-state index is 13.1. The third-order valence-corrected chi connectivity index (χ3v) is 5.14. The molecule has 1 N–H and O–H groups in total. The number of ether oxygens (including phenoxy) is 1. The second kappa shape index (κ2) is 7.98. The van der Waals surface area contributed by atoms with E-state index in [0.717, 1.165) is 27.7 Å². The largest absolute Gasteiger partial charge is 0.378 e. The van der Waals surface area contributed by atoms with Crippen LogP contribution in [0.5, 0.6) is 0 Å². The van der Waals surface area contributed by atoms with Crippen LogP contribution in [-0.4, -0.2) is 37.1 Å². The summed E-state index contributed by atoms with van der Waals surface area (Å²) in [7, 11) is 0. The molecule has 28 heavy (non-hydrogen) atoms. The molecule has 3 aromatic carbocycles. The number of rotatable bonds is 4. The first-order valence-electron chi connectivity index (χ1n) is 9.48. The third-order valence-electron chi connectivity index (χ3n) is 5.14. The van der Waals surface area contributed by atoms with Crippen LogP contribution < -0.4 is 5.32 Å². The molecule has 1 aliphatic heterocycles. The van der Waals surface area contributed by atoms with Gasteiger partial charge in [-0.15, -0.1) is 0 Å². The summed E-state index contributed by atoms with van der Waals surface area (Å²) in [6.45, 7) is 3.90. The normalized spacial score (nSPS) is 14.3. The Morgan fingerprint density at radius 2 is 1.89 bits per heavy atom. The Morgan fingerprint density at radius 1 is 1.11 bits per heavy atom.